The number of carbonyl (C=O) groups excluding carboxylic acids is 1. The summed E-state index contributed by atoms with van der Waals surface area (Å²) in [6.45, 7) is 1.52. The van der Waals surface area contributed by atoms with Crippen molar-refractivity contribution < 1.29 is 4.79 Å². The molecule has 0 saturated heterocycles. The Hall–Kier alpha value is -1.61. The summed E-state index contributed by atoms with van der Waals surface area (Å²) < 4.78 is 1.07. The monoisotopic (exact) mass is 329 g/mol. The summed E-state index contributed by atoms with van der Waals surface area (Å²) in [5.41, 5.74) is 3.38. The van der Waals surface area contributed by atoms with E-state index in [4.69, 9.17) is 0 Å². The van der Waals surface area contributed by atoms with Gasteiger partial charge in [0.2, 0.25) is 0 Å². The van der Waals surface area contributed by atoms with Gasteiger partial charge < -0.3 is 4.90 Å². The first-order valence-corrected chi connectivity index (χ1v) is 7.65. The number of halogens is 1. The Morgan fingerprint density at radius 3 is 2.65 bits per heavy atom. The highest BCUT2D eigenvalue weighted by atomic mass is 79.9. The van der Waals surface area contributed by atoms with Gasteiger partial charge in [-0.15, -0.1) is 0 Å². The van der Waals surface area contributed by atoms with Gasteiger partial charge >= 0.3 is 0 Å². The minimum absolute atomic E-state index is 0.124. The van der Waals surface area contributed by atoms with Gasteiger partial charge in [0.05, 0.1) is 0 Å². The first-order valence-electron chi connectivity index (χ1n) is 6.85. The molecule has 0 saturated carbocycles. The molecule has 2 aromatic carbocycles. The lowest BCUT2D eigenvalue weighted by molar-refractivity contribution is 0.0746. The van der Waals surface area contributed by atoms with E-state index in [0.29, 0.717) is 6.54 Å². The third-order valence-electron chi connectivity index (χ3n) is 3.71. The summed E-state index contributed by atoms with van der Waals surface area (Å²) >= 11 is 3.51. The van der Waals surface area contributed by atoms with Gasteiger partial charge in [0.1, 0.15) is 0 Å². The fourth-order valence-electron chi connectivity index (χ4n) is 2.67. The Bertz CT molecular complexity index is 624. The van der Waals surface area contributed by atoms with Gasteiger partial charge in [-0.3, -0.25) is 4.79 Å². The van der Waals surface area contributed by atoms with E-state index in [1.165, 1.54) is 11.1 Å². The molecule has 0 N–H and O–H groups in total. The Morgan fingerprint density at radius 2 is 1.85 bits per heavy atom. The highest BCUT2D eigenvalue weighted by Crippen LogP contribution is 2.23. The second kappa shape index (κ2) is 5.80. The van der Waals surface area contributed by atoms with E-state index in [1.807, 2.05) is 35.2 Å². The number of fused-ring (bicyclic) bond motifs is 1. The fourth-order valence-corrected chi connectivity index (χ4v) is 3.08. The molecule has 0 spiro atoms. The second-order valence-electron chi connectivity index (χ2n) is 5.11. The summed E-state index contributed by atoms with van der Waals surface area (Å²) in [7, 11) is 0. The van der Waals surface area contributed by atoms with Gasteiger partial charge in [-0.1, -0.05) is 40.2 Å². The van der Waals surface area contributed by atoms with Gasteiger partial charge in [0.25, 0.3) is 5.91 Å². The molecule has 0 radical (unpaired) electrons. The van der Waals surface area contributed by atoms with Crippen LogP contribution in [0.2, 0.25) is 0 Å². The van der Waals surface area contributed by atoms with Crippen molar-refractivity contribution in [1.82, 2.24) is 4.90 Å². The summed E-state index contributed by atoms with van der Waals surface area (Å²) in [4.78, 5) is 14.5. The van der Waals surface area contributed by atoms with E-state index < -0.39 is 0 Å². The number of rotatable bonds is 1. The van der Waals surface area contributed by atoms with Crippen LogP contribution in [0.25, 0.3) is 0 Å². The highest BCUT2D eigenvalue weighted by Gasteiger charge is 2.20. The van der Waals surface area contributed by atoms with Crippen molar-refractivity contribution >= 4 is 21.8 Å². The third kappa shape index (κ3) is 2.78. The number of carbonyl (C=O) groups is 1. The lowest BCUT2D eigenvalue weighted by Crippen LogP contribution is -2.30. The molecule has 3 rings (SSSR count). The molecule has 1 amide bonds. The normalized spacial score (nSPS) is 14.6. The van der Waals surface area contributed by atoms with Gasteiger partial charge in [0.15, 0.2) is 0 Å². The van der Waals surface area contributed by atoms with Crippen molar-refractivity contribution in [2.75, 3.05) is 6.54 Å². The molecule has 0 unspecified atom stereocenters. The quantitative estimate of drug-likeness (QED) is 0.773. The Balaban J connectivity index is 1.87. The molecular formula is C17H16BrNO. The number of aryl methyl sites for hydroxylation is 1. The lowest BCUT2D eigenvalue weighted by Gasteiger charge is -2.21. The van der Waals surface area contributed by atoms with Crippen molar-refractivity contribution in [1.29, 1.82) is 0 Å². The highest BCUT2D eigenvalue weighted by molar-refractivity contribution is 9.10. The third-order valence-corrected chi connectivity index (χ3v) is 4.20. The van der Waals surface area contributed by atoms with Crippen LogP contribution < -0.4 is 0 Å². The Labute approximate surface area is 127 Å². The van der Waals surface area contributed by atoms with E-state index in [-0.39, 0.29) is 5.91 Å². The average molecular weight is 330 g/mol. The zero-order valence-corrected chi connectivity index (χ0v) is 12.8. The molecule has 3 heteroatoms. The minimum atomic E-state index is 0.124. The molecule has 1 aliphatic rings. The molecule has 1 aliphatic heterocycles. The standard InChI is InChI=1S/C17H16BrNO/c18-16-9-8-13-7-4-10-19(12-15(13)11-16)17(20)14-5-2-1-3-6-14/h1-3,5-6,8-9,11H,4,7,10,12H2. The Morgan fingerprint density at radius 1 is 1.05 bits per heavy atom. The van der Waals surface area contributed by atoms with Crippen molar-refractivity contribution in [3.8, 4) is 0 Å². The van der Waals surface area contributed by atoms with Crippen LogP contribution in [0.5, 0.6) is 0 Å². The summed E-state index contributed by atoms with van der Waals surface area (Å²) in [5.74, 6) is 0.124. The van der Waals surface area contributed by atoms with E-state index in [9.17, 15) is 4.79 Å². The van der Waals surface area contributed by atoms with Crippen molar-refractivity contribution in [2.24, 2.45) is 0 Å². The van der Waals surface area contributed by atoms with Crippen LogP contribution in [0.1, 0.15) is 27.9 Å². The average Bonchev–Trinajstić information content (AvgIpc) is 2.69. The predicted molar refractivity (Wildman–Crippen MR) is 83.6 cm³/mol. The first kappa shape index (κ1) is 13.4. The minimum Gasteiger partial charge on any atom is -0.334 e. The zero-order chi connectivity index (χ0) is 13.9. The molecule has 0 aromatic heterocycles. The number of amides is 1. The number of benzene rings is 2. The summed E-state index contributed by atoms with van der Waals surface area (Å²) in [6, 6.07) is 15.9. The topological polar surface area (TPSA) is 20.3 Å². The first-order chi connectivity index (χ1) is 9.74. The van der Waals surface area contributed by atoms with Crippen LogP contribution in [0, 0.1) is 0 Å². The number of hydrogen-bond donors (Lipinski definition) is 0. The molecular weight excluding hydrogens is 314 g/mol. The van der Waals surface area contributed by atoms with E-state index >= 15 is 0 Å². The lowest BCUT2D eigenvalue weighted by atomic mass is 10.0. The van der Waals surface area contributed by atoms with Crippen molar-refractivity contribution in [2.45, 2.75) is 19.4 Å². The van der Waals surface area contributed by atoms with Crippen LogP contribution in [0.4, 0.5) is 0 Å². The van der Waals surface area contributed by atoms with Crippen LogP contribution in [-0.2, 0) is 13.0 Å². The fraction of sp³-hybridized carbons (Fsp3) is 0.235. The molecule has 1 heterocycles. The molecule has 0 bridgehead atoms. The van der Waals surface area contributed by atoms with Crippen LogP contribution in [0.3, 0.4) is 0 Å². The van der Waals surface area contributed by atoms with Crippen LogP contribution in [0.15, 0.2) is 53.0 Å². The predicted octanol–water partition coefficient (Wildman–Crippen LogP) is 4.04. The maximum absolute atomic E-state index is 12.6. The van der Waals surface area contributed by atoms with E-state index in [2.05, 4.69) is 34.1 Å². The van der Waals surface area contributed by atoms with Gasteiger partial charge in [0, 0.05) is 23.1 Å². The van der Waals surface area contributed by atoms with Gasteiger partial charge in [-0.25, -0.2) is 0 Å². The smallest absolute Gasteiger partial charge is 0.254 e. The van der Waals surface area contributed by atoms with Crippen LogP contribution in [-0.4, -0.2) is 17.4 Å². The number of hydrogen-bond acceptors (Lipinski definition) is 1. The Kier molecular flexibility index (Phi) is 3.88. The largest absolute Gasteiger partial charge is 0.334 e. The molecule has 102 valence electrons. The molecule has 0 fully saturated rings. The van der Waals surface area contributed by atoms with Crippen molar-refractivity contribution in [3.05, 3.63) is 69.7 Å². The zero-order valence-electron chi connectivity index (χ0n) is 11.2. The van der Waals surface area contributed by atoms with E-state index in [0.717, 1.165) is 29.4 Å². The summed E-state index contributed by atoms with van der Waals surface area (Å²) in [5, 5.41) is 0. The second-order valence-corrected chi connectivity index (χ2v) is 6.02. The van der Waals surface area contributed by atoms with E-state index in [1.54, 1.807) is 0 Å². The maximum atomic E-state index is 12.6. The SMILES string of the molecule is O=C(c1ccccc1)N1CCCc2ccc(Br)cc2C1. The molecule has 0 atom stereocenters. The number of nitrogens with zero attached hydrogens (tertiary/aromatic N) is 1. The molecule has 2 nitrogen and oxygen atoms in total. The van der Waals surface area contributed by atoms with Crippen molar-refractivity contribution in [3.63, 3.8) is 0 Å². The molecule has 20 heavy (non-hydrogen) atoms. The van der Waals surface area contributed by atoms with Crippen LogP contribution >= 0.6 is 15.9 Å². The molecule has 0 aliphatic carbocycles. The molecule has 2 aromatic rings. The summed E-state index contributed by atoms with van der Waals surface area (Å²) in [6.07, 6.45) is 2.06. The van der Waals surface area contributed by atoms with Gasteiger partial charge in [-0.05, 0) is 48.2 Å². The maximum Gasteiger partial charge on any atom is 0.254 e. The van der Waals surface area contributed by atoms with Gasteiger partial charge in [-0.2, -0.15) is 0 Å².